The molecule has 1 aliphatic heterocycles. The summed E-state index contributed by atoms with van der Waals surface area (Å²) in [6.45, 7) is 0.137. The molecule has 0 saturated carbocycles. The van der Waals surface area contributed by atoms with E-state index in [-0.39, 0.29) is 31.8 Å². The molecule has 0 radical (unpaired) electrons. The highest BCUT2D eigenvalue weighted by Gasteiger charge is 2.35. The van der Waals surface area contributed by atoms with Crippen LogP contribution in [0.4, 0.5) is 8.78 Å². The molecule has 4 rings (SSSR count). The number of amides is 1. The number of rotatable bonds is 2. The Labute approximate surface area is 162 Å². The van der Waals surface area contributed by atoms with Crippen LogP contribution in [0.25, 0.3) is 16.7 Å². The topological polar surface area (TPSA) is 51.0 Å². The molecular weight excluding hydrogens is 453 g/mol. The Bertz CT molecular complexity index is 961. The number of halogens is 3. The molecule has 0 unspecified atom stereocenters. The standard InChI is InChI=1S/C18H15F2IN4O/c19-18(20)4-7-24(8-5-18)17(26)13-9-12-3-6-25(16(12)23-10-13)14-1-2-15(21)22-11-14/h1-3,6,9-11H,4-5,7-8H2. The number of likely N-dealkylation sites (tertiary alicyclic amines) is 1. The number of hydrogen-bond donors (Lipinski definition) is 0. The van der Waals surface area contributed by atoms with Gasteiger partial charge in [0, 0.05) is 43.7 Å². The van der Waals surface area contributed by atoms with Crippen LogP contribution in [-0.4, -0.2) is 44.4 Å². The molecule has 4 heterocycles. The second-order valence-electron chi connectivity index (χ2n) is 6.31. The molecular formula is C18H15F2IN4O. The minimum Gasteiger partial charge on any atom is -0.338 e. The lowest BCUT2D eigenvalue weighted by Gasteiger charge is -2.31. The summed E-state index contributed by atoms with van der Waals surface area (Å²) in [5.41, 5.74) is 2.01. The highest BCUT2D eigenvalue weighted by molar-refractivity contribution is 14.1. The second-order valence-corrected chi connectivity index (χ2v) is 7.42. The average molecular weight is 468 g/mol. The zero-order chi connectivity index (χ0) is 18.3. The van der Waals surface area contributed by atoms with Gasteiger partial charge in [0.25, 0.3) is 11.8 Å². The lowest BCUT2D eigenvalue weighted by molar-refractivity contribution is -0.0494. The van der Waals surface area contributed by atoms with E-state index in [4.69, 9.17) is 0 Å². The Morgan fingerprint density at radius 1 is 1.12 bits per heavy atom. The van der Waals surface area contributed by atoms with Crippen LogP contribution in [0.5, 0.6) is 0 Å². The summed E-state index contributed by atoms with van der Waals surface area (Å²) < 4.78 is 29.4. The number of pyridine rings is 2. The van der Waals surface area contributed by atoms with Crippen LogP contribution in [-0.2, 0) is 0 Å². The zero-order valence-corrected chi connectivity index (χ0v) is 15.9. The first-order valence-electron chi connectivity index (χ1n) is 8.19. The van der Waals surface area contributed by atoms with Crippen molar-refractivity contribution in [2.45, 2.75) is 18.8 Å². The second kappa shape index (κ2) is 6.57. The van der Waals surface area contributed by atoms with E-state index in [0.717, 1.165) is 20.4 Å². The van der Waals surface area contributed by atoms with Crippen LogP contribution >= 0.6 is 22.6 Å². The van der Waals surface area contributed by atoms with E-state index in [0.29, 0.717) is 5.56 Å². The minimum atomic E-state index is -2.67. The monoisotopic (exact) mass is 468 g/mol. The number of hydrogen-bond acceptors (Lipinski definition) is 3. The number of piperidine rings is 1. The van der Waals surface area contributed by atoms with Crippen molar-refractivity contribution < 1.29 is 13.6 Å². The Kier molecular flexibility index (Phi) is 4.37. The van der Waals surface area contributed by atoms with Gasteiger partial charge in [-0.25, -0.2) is 18.7 Å². The predicted molar refractivity (Wildman–Crippen MR) is 102 cm³/mol. The van der Waals surface area contributed by atoms with E-state index in [2.05, 4.69) is 32.6 Å². The number of carbonyl (C=O) groups is 1. The van der Waals surface area contributed by atoms with Gasteiger partial charge in [0.05, 0.1) is 17.4 Å². The van der Waals surface area contributed by atoms with E-state index in [9.17, 15) is 13.6 Å². The maximum atomic E-state index is 13.3. The number of carbonyl (C=O) groups excluding carboxylic acids is 1. The van der Waals surface area contributed by atoms with Gasteiger partial charge in [0.2, 0.25) is 0 Å². The van der Waals surface area contributed by atoms with Crippen LogP contribution in [0.1, 0.15) is 23.2 Å². The van der Waals surface area contributed by atoms with Crippen LogP contribution in [0.15, 0.2) is 42.9 Å². The molecule has 26 heavy (non-hydrogen) atoms. The predicted octanol–water partition coefficient (Wildman–Crippen LogP) is 3.90. The van der Waals surface area contributed by atoms with Crippen molar-refractivity contribution in [1.82, 2.24) is 19.4 Å². The largest absolute Gasteiger partial charge is 0.338 e. The van der Waals surface area contributed by atoms with Gasteiger partial charge in [0.1, 0.15) is 9.35 Å². The number of nitrogens with zero attached hydrogens (tertiary/aromatic N) is 4. The van der Waals surface area contributed by atoms with E-state index >= 15 is 0 Å². The number of alkyl halides is 2. The van der Waals surface area contributed by atoms with Gasteiger partial charge >= 0.3 is 0 Å². The summed E-state index contributed by atoms with van der Waals surface area (Å²) in [5, 5.41) is 0.816. The fourth-order valence-corrected chi connectivity index (χ4v) is 3.40. The SMILES string of the molecule is O=C(c1cnc2c(ccn2-c2ccc(I)nc2)c1)N1CCC(F)(F)CC1. The minimum absolute atomic E-state index is 0.0687. The Hall–Kier alpha value is -2.10. The van der Waals surface area contributed by atoms with Crippen molar-refractivity contribution in [3.63, 3.8) is 0 Å². The van der Waals surface area contributed by atoms with Gasteiger partial charge in [-0.15, -0.1) is 0 Å². The lowest BCUT2D eigenvalue weighted by Crippen LogP contribution is -2.42. The number of fused-ring (bicyclic) bond motifs is 1. The van der Waals surface area contributed by atoms with Crippen molar-refractivity contribution in [1.29, 1.82) is 0 Å². The molecule has 0 aromatic carbocycles. The molecule has 0 atom stereocenters. The molecule has 0 aliphatic carbocycles. The van der Waals surface area contributed by atoms with Crippen LogP contribution in [0.2, 0.25) is 0 Å². The van der Waals surface area contributed by atoms with Crippen molar-refractivity contribution >= 4 is 39.5 Å². The van der Waals surface area contributed by atoms with E-state index in [1.54, 1.807) is 12.3 Å². The molecule has 134 valence electrons. The highest BCUT2D eigenvalue weighted by atomic mass is 127. The van der Waals surface area contributed by atoms with E-state index in [1.807, 2.05) is 29.0 Å². The van der Waals surface area contributed by atoms with Gasteiger partial charge in [-0.3, -0.25) is 9.36 Å². The van der Waals surface area contributed by atoms with Gasteiger partial charge in [-0.1, -0.05) is 0 Å². The maximum Gasteiger partial charge on any atom is 0.255 e. The van der Waals surface area contributed by atoms with E-state index < -0.39 is 5.92 Å². The van der Waals surface area contributed by atoms with Crippen molar-refractivity contribution in [2.24, 2.45) is 0 Å². The Morgan fingerprint density at radius 2 is 1.88 bits per heavy atom. The molecule has 8 heteroatoms. The molecule has 1 aliphatic rings. The molecule has 5 nitrogen and oxygen atoms in total. The van der Waals surface area contributed by atoms with Gasteiger partial charge in [-0.2, -0.15) is 0 Å². The summed E-state index contributed by atoms with van der Waals surface area (Å²) >= 11 is 2.14. The first kappa shape index (κ1) is 17.3. The molecule has 1 saturated heterocycles. The Balaban J connectivity index is 1.61. The quantitative estimate of drug-likeness (QED) is 0.424. The van der Waals surface area contributed by atoms with Crippen LogP contribution in [0.3, 0.4) is 0 Å². The summed E-state index contributed by atoms with van der Waals surface area (Å²) in [5.74, 6) is -2.92. The average Bonchev–Trinajstić information content (AvgIpc) is 3.05. The third-order valence-electron chi connectivity index (χ3n) is 4.55. The first-order valence-corrected chi connectivity index (χ1v) is 9.27. The first-order chi connectivity index (χ1) is 12.4. The zero-order valence-electron chi connectivity index (χ0n) is 13.7. The van der Waals surface area contributed by atoms with Crippen LogP contribution < -0.4 is 0 Å². The summed E-state index contributed by atoms with van der Waals surface area (Å²) in [6.07, 6.45) is 4.57. The highest BCUT2D eigenvalue weighted by Crippen LogP contribution is 2.28. The normalized spacial score (nSPS) is 16.8. The molecule has 0 spiro atoms. The van der Waals surface area contributed by atoms with Crippen LogP contribution in [0, 0.1) is 3.70 Å². The van der Waals surface area contributed by atoms with Gasteiger partial charge < -0.3 is 4.90 Å². The lowest BCUT2D eigenvalue weighted by atomic mass is 10.1. The summed E-state index contributed by atoms with van der Waals surface area (Å²) in [7, 11) is 0. The van der Waals surface area contributed by atoms with Crippen molar-refractivity contribution in [2.75, 3.05) is 13.1 Å². The smallest absolute Gasteiger partial charge is 0.255 e. The van der Waals surface area contributed by atoms with Crippen molar-refractivity contribution in [3.05, 3.63) is 52.1 Å². The fraction of sp³-hybridized carbons (Fsp3) is 0.278. The molecule has 0 N–H and O–H groups in total. The molecule has 0 bridgehead atoms. The van der Waals surface area contributed by atoms with Gasteiger partial charge in [-0.05, 0) is 46.9 Å². The summed E-state index contributed by atoms with van der Waals surface area (Å²) in [4.78, 5) is 22.8. The third kappa shape index (κ3) is 3.29. The molecule has 1 amide bonds. The molecule has 3 aromatic rings. The van der Waals surface area contributed by atoms with E-state index in [1.165, 1.54) is 11.1 Å². The molecule has 3 aromatic heterocycles. The Morgan fingerprint density at radius 3 is 2.58 bits per heavy atom. The van der Waals surface area contributed by atoms with Crippen molar-refractivity contribution in [3.8, 4) is 5.69 Å². The molecule has 1 fully saturated rings. The summed E-state index contributed by atoms with van der Waals surface area (Å²) in [6, 6.07) is 7.49. The van der Waals surface area contributed by atoms with Gasteiger partial charge in [0.15, 0.2) is 0 Å². The number of aromatic nitrogens is 3. The maximum absolute atomic E-state index is 13.3. The fourth-order valence-electron chi connectivity index (χ4n) is 3.08. The third-order valence-corrected chi connectivity index (χ3v) is 5.18.